The molecule has 3 aromatic rings. The second kappa shape index (κ2) is 9.60. The summed E-state index contributed by atoms with van der Waals surface area (Å²) in [6.07, 6.45) is -4.94. The second-order valence-corrected chi connectivity index (χ2v) is 8.91. The molecule has 3 rings (SSSR count). The monoisotopic (exact) mass is 503 g/mol. The zero-order valence-electron chi connectivity index (χ0n) is 20.3. The molecule has 190 valence electrons. The number of rotatable bonds is 6. The number of benzene rings is 2. The maximum absolute atomic E-state index is 13.6. The molecule has 10 heteroatoms. The van der Waals surface area contributed by atoms with Crippen LogP contribution in [0.15, 0.2) is 48.5 Å². The highest BCUT2D eigenvalue weighted by Crippen LogP contribution is 2.33. The second-order valence-electron chi connectivity index (χ2n) is 8.91. The number of anilines is 1. The minimum Gasteiger partial charge on any atom is -0.343 e. The third-order valence-corrected chi connectivity index (χ3v) is 6.03. The van der Waals surface area contributed by atoms with Crippen molar-refractivity contribution in [2.45, 2.75) is 39.4 Å². The number of nitrogens with zero attached hydrogens (tertiary/aromatic N) is 1. The minimum absolute atomic E-state index is 0.0131. The van der Waals surface area contributed by atoms with E-state index in [-0.39, 0.29) is 22.5 Å². The Morgan fingerprint density at radius 2 is 1.56 bits per heavy atom. The topological polar surface area (TPSA) is 80.2 Å². The van der Waals surface area contributed by atoms with Gasteiger partial charge in [-0.3, -0.25) is 14.4 Å². The predicted molar refractivity (Wildman–Crippen MR) is 126 cm³/mol. The summed E-state index contributed by atoms with van der Waals surface area (Å²) in [5, 5.41) is 5.02. The molecule has 1 aromatic heterocycles. The van der Waals surface area contributed by atoms with Gasteiger partial charge < -0.3 is 15.2 Å². The van der Waals surface area contributed by atoms with Crippen LogP contribution in [-0.2, 0) is 23.6 Å². The van der Waals surface area contributed by atoms with Crippen LogP contribution in [0.3, 0.4) is 0 Å². The van der Waals surface area contributed by atoms with Crippen LogP contribution >= 0.6 is 0 Å². The zero-order valence-corrected chi connectivity index (χ0v) is 20.3. The fourth-order valence-corrected chi connectivity index (χ4v) is 4.03. The predicted octanol–water partition coefficient (Wildman–Crippen LogP) is 5.29. The molecule has 0 radical (unpaired) electrons. The van der Waals surface area contributed by atoms with E-state index in [1.807, 2.05) is 18.2 Å². The number of amides is 2. The maximum atomic E-state index is 13.6. The van der Waals surface area contributed by atoms with Crippen LogP contribution in [0.1, 0.15) is 57.1 Å². The van der Waals surface area contributed by atoms with Crippen molar-refractivity contribution < 1.29 is 31.9 Å². The summed E-state index contributed by atoms with van der Waals surface area (Å²) in [7, 11) is 1.49. The van der Waals surface area contributed by atoms with Crippen LogP contribution < -0.4 is 10.6 Å². The molecule has 0 saturated carbocycles. The lowest BCUT2D eigenvalue weighted by atomic mass is 9.93. The summed E-state index contributed by atoms with van der Waals surface area (Å²) < 4.78 is 54.1. The molecule has 0 aliphatic rings. The number of carbonyl (C=O) groups excluding carboxylic acids is 3. The number of aromatic nitrogens is 1. The standard InChI is InChI=1S/C26H25F4N3O3/c1-14-20(22(34)24(36)32-25(3,4)16-9-7-6-8-10-16)15(2)33(5)21(14)23(35)31-17-11-12-19(27)18(13-17)26(28,29)30/h6-13H,1-5H3,(H,31,35)(H,32,36). The molecule has 2 amide bonds. The number of alkyl halides is 3. The van der Waals surface area contributed by atoms with Crippen molar-refractivity contribution in [1.29, 1.82) is 0 Å². The quantitative estimate of drug-likeness (QED) is 0.273. The van der Waals surface area contributed by atoms with E-state index < -0.39 is 40.7 Å². The normalized spacial score (nSPS) is 11.8. The highest BCUT2D eigenvalue weighted by Gasteiger charge is 2.35. The first kappa shape index (κ1) is 26.7. The molecule has 1 heterocycles. The molecular formula is C26H25F4N3O3. The van der Waals surface area contributed by atoms with E-state index in [2.05, 4.69) is 10.6 Å². The lowest BCUT2D eigenvalue weighted by molar-refractivity contribution is -0.140. The third kappa shape index (κ3) is 5.17. The van der Waals surface area contributed by atoms with Crippen molar-refractivity contribution in [3.63, 3.8) is 0 Å². The Bertz CT molecular complexity index is 1340. The molecule has 0 spiro atoms. The van der Waals surface area contributed by atoms with Crippen LogP contribution in [0.2, 0.25) is 0 Å². The number of halogens is 4. The van der Waals surface area contributed by atoms with E-state index in [9.17, 15) is 31.9 Å². The van der Waals surface area contributed by atoms with Gasteiger partial charge in [-0.1, -0.05) is 30.3 Å². The number of nitrogens with one attached hydrogen (secondary N) is 2. The van der Waals surface area contributed by atoms with Crippen molar-refractivity contribution in [2.75, 3.05) is 5.32 Å². The lowest BCUT2D eigenvalue weighted by Gasteiger charge is -2.26. The van der Waals surface area contributed by atoms with Crippen molar-refractivity contribution in [2.24, 2.45) is 7.05 Å². The molecule has 0 saturated heterocycles. The van der Waals surface area contributed by atoms with Crippen molar-refractivity contribution >= 4 is 23.3 Å². The maximum Gasteiger partial charge on any atom is 0.419 e. The number of hydrogen-bond donors (Lipinski definition) is 2. The summed E-state index contributed by atoms with van der Waals surface area (Å²) >= 11 is 0. The number of Topliss-reactive ketones (excluding diaryl/α,β-unsaturated/α-hetero) is 1. The van der Waals surface area contributed by atoms with Crippen LogP contribution in [0, 0.1) is 19.7 Å². The van der Waals surface area contributed by atoms with Gasteiger partial charge in [0, 0.05) is 18.4 Å². The van der Waals surface area contributed by atoms with Gasteiger partial charge in [0.05, 0.1) is 16.7 Å². The Morgan fingerprint density at radius 3 is 2.14 bits per heavy atom. The molecule has 2 aromatic carbocycles. The fourth-order valence-electron chi connectivity index (χ4n) is 4.03. The lowest BCUT2D eigenvalue weighted by Crippen LogP contribution is -2.44. The summed E-state index contributed by atoms with van der Waals surface area (Å²) in [6, 6.07) is 11.2. The van der Waals surface area contributed by atoms with Gasteiger partial charge in [-0.15, -0.1) is 0 Å². The largest absolute Gasteiger partial charge is 0.419 e. The molecule has 0 bridgehead atoms. The Morgan fingerprint density at radius 1 is 0.944 bits per heavy atom. The van der Waals surface area contributed by atoms with Crippen LogP contribution in [-0.4, -0.2) is 22.2 Å². The Labute approximate surface area is 205 Å². The van der Waals surface area contributed by atoms with E-state index in [1.54, 1.807) is 32.9 Å². The number of hydrogen-bond acceptors (Lipinski definition) is 3. The molecule has 0 fully saturated rings. The first-order valence-corrected chi connectivity index (χ1v) is 10.9. The van der Waals surface area contributed by atoms with Crippen LogP contribution in [0.5, 0.6) is 0 Å². The summed E-state index contributed by atoms with van der Waals surface area (Å²) in [4.78, 5) is 38.9. The van der Waals surface area contributed by atoms with Gasteiger partial charge >= 0.3 is 6.18 Å². The molecule has 0 aliphatic heterocycles. The van der Waals surface area contributed by atoms with Crippen molar-refractivity contribution in [3.05, 3.63) is 88.0 Å². The van der Waals surface area contributed by atoms with Crippen molar-refractivity contribution in [3.8, 4) is 0 Å². The Kier molecular flexibility index (Phi) is 7.11. The van der Waals surface area contributed by atoms with Crippen molar-refractivity contribution in [1.82, 2.24) is 9.88 Å². The van der Waals surface area contributed by atoms with Gasteiger partial charge in [0.15, 0.2) is 0 Å². The van der Waals surface area contributed by atoms with Gasteiger partial charge in [0.1, 0.15) is 11.5 Å². The van der Waals surface area contributed by atoms with Gasteiger partial charge in [-0.05, 0) is 57.0 Å². The highest BCUT2D eigenvalue weighted by molar-refractivity contribution is 6.43. The number of carbonyl (C=O) groups is 3. The third-order valence-electron chi connectivity index (χ3n) is 6.03. The summed E-state index contributed by atoms with van der Waals surface area (Å²) in [6.45, 7) is 6.51. The Hall–Kier alpha value is -3.95. The molecule has 2 N–H and O–H groups in total. The molecule has 0 atom stereocenters. The average Bonchev–Trinajstić information content (AvgIpc) is 3.02. The summed E-state index contributed by atoms with van der Waals surface area (Å²) in [5.74, 6) is -4.02. The SMILES string of the molecule is Cc1c(C(=O)C(=O)NC(C)(C)c2ccccc2)c(C)n(C)c1C(=O)Nc1ccc(F)c(C(F)(F)F)c1. The first-order valence-electron chi connectivity index (χ1n) is 10.9. The Balaban J connectivity index is 1.89. The smallest absolute Gasteiger partial charge is 0.343 e. The number of ketones is 1. The van der Waals surface area contributed by atoms with E-state index >= 15 is 0 Å². The molecule has 0 aliphatic carbocycles. The van der Waals surface area contributed by atoms with Crippen LogP contribution in [0.4, 0.5) is 23.2 Å². The van der Waals surface area contributed by atoms with E-state index in [1.165, 1.54) is 18.5 Å². The molecular weight excluding hydrogens is 478 g/mol. The average molecular weight is 503 g/mol. The van der Waals surface area contributed by atoms with Crippen LogP contribution in [0.25, 0.3) is 0 Å². The fraction of sp³-hybridized carbons (Fsp3) is 0.269. The molecule has 0 unspecified atom stereocenters. The molecule has 36 heavy (non-hydrogen) atoms. The zero-order chi connectivity index (χ0) is 27.0. The summed E-state index contributed by atoms with van der Waals surface area (Å²) in [5.41, 5.74) is -1.37. The highest BCUT2D eigenvalue weighted by atomic mass is 19.4. The first-order chi connectivity index (χ1) is 16.6. The van der Waals surface area contributed by atoms with Gasteiger partial charge in [-0.2, -0.15) is 13.2 Å². The van der Waals surface area contributed by atoms with E-state index in [0.717, 1.165) is 11.6 Å². The molecule has 6 nitrogen and oxygen atoms in total. The van der Waals surface area contributed by atoms with E-state index in [4.69, 9.17) is 0 Å². The van der Waals surface area contributed by atoms with Gasteiger partial charge in [-0.25, -0.2) is 4.39 Å². The van der Waals surface area contributed by atoms with Gasteiger partial charge in [0.2, 0.25) is 0 Å². The van der Waals surface area contributed by atoms with Gasteiger partial charge in [0.25, 0.3) is 17.6 Å². The minimum atomic E-state index is -4.94. The van der Waals surface area contributed by atoms with E-state index in [0.29, 0.717) is 17.8 Å².